The van der Waals surface area contributed by atoms with E-state index in [1.54, 1.807) is 0 Å². The normalized spacial score (nSPS) is 11.2. The quantitative estimate of drug-likeness (QED) is 0.179. The highest BCUT2D eigenvalue weighted by molar-refractivity contribution is 5.78. The van der Waals surface area contributed by atoms with Gasteiger partial charge in [-0.25, -0.2) is 0 Å². The summed E-state index contributed by atoms with van der Waals surface area (Å²) in [5, 5.41) is 3.52. The van der Waals surface area contributed by atoms with Crippen LogP contribution >= 0.6 is 0 Å². The van der Waals surface area contributed by atoms with Gasteiger partial charge in [0, 0.05) is 28.4 Å². The molecule has 6 rings (SSSR count). The second-order valence-corrected chi connectivity index (χ2v) is 10.5. The number of hydrogen-bond acceptors (Lipinski definition) is 2. The molecule has 6 aromatic carbocycles. The molecule has 0 aromatic heterocycles. The maximum absolute atomic E-state index is 3.52. The van der Waals surface area contributed by atoms with Crippen molar-refractivity contribution in [3.63, 3.8) is 0 Å². The second kappa shape index (κ2) is 13.4. The average molecular weight is 555 g/mol. The molecule has 0 aliphatic rings. The van der Waals surface area contributed by atoms with Crippen LogP contribution in [0.5, 0.6) is 0 Å². The first-order chi connectivity index (χ1) is 21.2. The van der Waals surface area contributed by atoms with E-state index in [0.717, 1.165) is 34.0 Å². The van der Waals surface area contributed by atoms with Crippen molar-refractivity contribution in [3.05, 3.63) is 187 Å². The molecule has 0 spiro atoms. The third kappa shape index (κ3) is 7.19. The van der Waals surface area contributed by atoms with Gasteiger partial charge in [-0.15, -0.1) is 0 Å². The van der Waals surface area contributed by atoms with Crippen molar-refractivity contribution in [2.75, 3.05) is 10.2 Å². The molecule has 0 fully saturated rings. The summed E-state index contributed by atoms with van der Waals surface area (Å²) in [5.41, 5.74) is 11.5. The number of hydrogen-bond donors (Lipinski definition) is 1. The maximum Gasteiger partial charge on any atom is 0.0462 e. The Morgan fingerprint density at radius 1 is 0.419 bits per heavy atom. The zero-order chi connectivity index (χ0) is 29.3. The van der Waals surface area contributed by atoms with Crippen LogP contribution in [0.3, 0.4) is 0 Å². The van der Waals surface area contributed by atoms with E-state index in [2.05, 4.69) is 181 Å². The van der Waals surface area contributed by atoms with Crippen molar-refractivity contribution in [3.8, 4) is 11.1 Å². The van der Waals surface area contributed by atoms with Gasteiger partial charge in [-0.1, -0.05) is 127 Å². The van der Waals surface area contributed by atoms with Gasteiger partial charge >= 0.3 is 0 Å². The summed E-state index contributed by atoms with van der Waals surface area (Å²) in [6.07, 6.45) is 8.36. The minimum atomic E-state index is 1.06. The molecule has 1 N–H and O–H groups in total. The zero-order valence-electron chi connectivity index (χ0n) is 24.3. The molecule has 0 aliphatic carbocycles. The highest BCUT2D eigenvalue weighted by atomic mass is 15.1. The lowest BCUT2D eigenvalue weighted by Crippen LogP contribution is -2.09. The number of aryl methyl sites for hydroxylation is 1. The topological polar surface area (TPSA) is 15.3 Å². The molecule has 6 aromatic rings. The lowest BCUT2D eigenvalue weighted by Gasteiger charge is -2.25. The molecule has 43 heavy (non-hydrogen) atoms. The van der Waals surface area contributed by atoms with Crippen LogP contribution in [0.25, 0.3) is 23.3 Å². The van der Waals surface area contributed by atoms with E-state index in [1.807, 2.05) is 18.2 Å². The van der Waals surface area contributed by atoms with Gasteiger partial charge in [-0.2, -0.15) is 0 Å². The smallest absolute Gasteiger partial charge is 0.0462 e. The number of allylic oxidation sites excluding steroid dienone is 2. The summed E-state index contributed by atoms with van der Waals surface area (Å²) < 4.78 is 0. The Hall–Kier alpha value is -5.60. The Kier molecular flexibility index (Phi) is 8.57. The summed E-state index contributed by atoms with van der Waals surface area (Å²) in [6.45, 7) is 2.12. The molecular weight excluding hydrogens is 520 g/mol. The van der Waals surface area contributed by atoms with Crippen molar-refractivity contribution in [1.82, 2.24) is 0 Å². The first kappa shape index (κ1) is 27.6. The maximum atomic E-state index is 3.52. The fourth-order valence-electron chi connectivity index (χ4n) is 5.01. The second-order valence-electron chi connectivity index (χ2n) is 10.5. The van der Waals surface area contributed by atoms with Gasteiger partial charge in [-0.3, -0.25) is 0 Å². The van der Waals surface area contributed by atoms with Gasteiger partial charge in [0.2, 0.25) is 0 Å². The summed E-state index contributed by atoms with van der Waals surface area (Å²) in [5.74, 6) is 0. The Morgan fingerprint density at radius 3 is 1.40 bits per heavy atom. The Morgan fingerprint density at radius 2 is 0.837 bits per heavy atom. The highest BCUT2D eigenvalue weighted by Crippen LogP contribution is 2.35. The Labute approximate surface area is 254 Å². The largest absolute Gasteiger partial charge is 0.356 e. The molecule has 0 atom stereocenters. The van der Waals surface area contributed by atoms with Crippen molar-refractivity contribution in [2.24, 2.45) is 0 Å². The molecule has 0 saturated heterocycles. The van der Waals surface area contributed by atoms with Gasteiger partial charge in [-0.05, 0) is 89.8 Å². The highest BCUT2D eigenvalue weighted by Gasteiger charge is 2.12. The van der Waals surface area contributed by atoms with E-state index in [0.29, 0.717) is 0 Å². The molecule has 0 aliphatic heterocycles. The summed E-state index contributed by atoms with van der Waals surface area (Å²) >= 11 is 0. The van der Waals surface area contributed by atoms with Gasteiger partial charge in [0.15, 0.2) is 0 Å². The number of rotatable bonds is 9. The molecular formula is C41H34N2. The van der Waals surface area contributed by atoms with Gasteiger partial charge in [0.1, 0.15) is 0 Å². The number of nitrogens with one attached hydrogen (secondary N) is 1. The molecule has 0 amide bonds. The fourth-order valence-corrected chi connectivity index (χ4v) is 5.01. The molecule has 0 radical (unpaired) electrons. The monoisotopic (exact) mass is 554 g/mol. The molecule has 0 bridgehead atoms. The fraction of sp³-hybridized carbons (Fsp3) is 0.0244. The van der Waals surface area contributed by atoms with Gasteiger partial charge < -0.3 is 10.2 Å². The van der Waals surface area contributed by atoms with Crippen LogP contribution in [0, 0.1) is 6.92 Å². The molecule has 208 valence electrons. The predicted molar refractivity (Wildman–Crippen MR) is 186 cm³/mol. The van der Waals surface area contributed by atoms with Crippen molar-refractivity contribution >= 4 is 40.6 Å². The molecule has 2 nitrogen and oxygen atoms in total. The number of anilines is 5. The average Bonchev–Trinajstić information content (AvgIpc) is 3.07. The van der Waals surface area contributed by atoms with Crippen molar-refractivity contribution in [2.45, 2.75) is 6.92 Å². The first-order valence-corrected chi connectivity index (χ1v) is 14.6. The summed E-state index contributed by atoms with van der Waals surface area (Å²) in [4.78, 5) is 2.29. The van der Waals surface area contributed by atoms with Crippen molar-refractivity contribution < 1.29 is 0 Å². The molecule has 2 heteroatoms. The first-order valence-electron chi connectivity index (χ1n) is 14.6. The van der Waals surface area contributed by atoms with E-state index in [-0.39, 0.29) is 0 Å². The summed E-state index contributed by atoms with van der Waals surface area (Å²) in [6, 6.07) is 55.4. The Balaban J connectivity index is 1.11. The van der Waals surface area contributed by atoms with Crippen LogP contribution in [-0.4, -0.2) is 0 Å². The third-order valence-electron chi connectivity index (χ3n) is 7.34. The SMILES string of the molecule is Cc1ccc(N(c2ccccc2)c2ccc(-c3ccc(Nc4ccc(C=CC=Cc5ccccc5)cc4)cc3)cc2)cc1. The number of para-hydroxylation sites is 1. The van der Waals surface area contributed by atoms with Crippen LogP contribution in [0.15, 0.2) is 170 Å². The number of nitrogens with zero attached hydrogens (tertiary/aromatic N) is 1. The van der Waals surface area contributed by atoms with Crippen LogP contribution in [0.4, 0.5) is 28.4 Å². The predicted octanol–water partition coefficient (Wildman–Crippen LogP) is 11.6. The standard InChI is InChI=1S/C41H34N2/c1-32-16-28-40(29-17-32)43(39-14-6-3-7-15-39)41-30-22-36(23-31-41)35-20-26-38(27-21-35)42-37-24-18-34(19-25-37)13-9-8-12-33-10-4-2-5-11-33/h2-31,42H,1H3. The van der Waals surface area contributed by atoms with Crippen LogP contribution in [-0.2, 0) is 0 Å². The lowest BCUT2D eigenvalue weighted by atomic mass is 10.0. The molecule has 0 saturated carbocycles. The van der Waals surface area contributed by atoms with E-state index in [1.165, 1.54) is 22.3 Å². The van der Waals surface area contributed by atoms with E-state index in [4.69, 9.17) is 0 Å². The third-order valence-corrected chi connectivity index (χ3v) is 7.34. The lowest BCUT2D eigenvalue weighted by molar-refractivity contribution is 1.27. The van der Waals surface area contributed by atoms with Gasteiger partial charge in [0.05, 0.1) is 0 Å². The van der Waals surface area contributed by atoms with Crippen molar-refractivity contribution in [1.29, 1.82) is 0 Å². The molecule has 0 unspecified atom stereocenters. The van der Waals surface area contributed by atoms with Crippen LogP contribution < -0.4 is 10.2 Å². The molecule has 0 heterocycles. The van der Waals surface area contributed by atoms with Crippen LogP contribution in [0.1, 0.15) is 16.7 Å². The van der Waals surface area contributed by atoms with E-state index in [9.17, 15) is 0 Å². The van der Waals surface area contributed by atoms with E-state index < -0.39 is 0 Å². The van der Waals surface area contributed by atoms with Gasteiger partial charge in [0.25, 0.3) is 0 Å². The summed E-state index contributed by atoms with van der Waals surface area (Å²) in [7, 11) is 0. The van der Waals surface area contributed by atoms with Crippen LogP contribution in [0.2, 0.25) is 0 Å². The van der Waals surface area contributed by atoms with E-state index >= 15 is 0 Å². The number of benzene rings is 6. The minimum absolute atomic E-state index is 1.06. The Bertz CT molecular complexity index is 1780. The zero-order valence-corrected chi connectivity index (χ0v) is 24.3. The minimum Gasteiger partial charge on any atom is -0.356 e.